The molecule has 0 saturated heterocycles. The lowest BCUT2D eigenvalue weighted by Gasteiger charge is -2.08. The minimum absolute atomic E-state index is 0.143. The fourth-order valence-electron chi connectivity index (χ4n) is 2.05. The molecule has 0 bridgehead atoms. The Morgan fingerprint density at radius 3 is 2.50 bits per heavy atom. The third-order valence-corrected chi connectivity index (χ3v) is 5.06. The summed E-state index contributed by atoms with van der Waals surface area (Å²) in [5, 5.41) is 1.03. The molecular weight excluding hydrogens is 274 g/mol. The van der Waals surface area contributed by atoms with Crippen LogP contribution in [0, 0.1) is 0 Å². The quantitative estimate of drug-likeness (QED) is 0.864. The van der Waals surface area contributed by atoms with Crippen LogP contribution in [0.1, 0.15) is 11.1 Å². The van der Waals surface area contributed by atoms with E-state index < -0.39 is 19.7 Å². The van der Waals surface area contributed by atoms with E-state index in [1.165, 1.54) is 6.07 Å². The third-order valence-electron chi connectivity index (χ3n) is 2.68. The van der Waals surface area contributed by atoms with Crippen LogP contribution in [0.4, 0.5) is 0 Å². The number of hydrogen-bond acceptors (Lipinski definition) is 5. The highest BCUT2D eigenvalue weighted by atomic mass is 32.2. The van der Waals surface area contributed by atoms with Crippen molar-refractivity contribution < 1.29 is 16.8 Å². The molecule has 0 saturated carbocycles. The Kier molecular flexibility index (Phi) is 3.08. The molecule has 98 valence electrons. The molecule has 1 aliphatic heterocycles. The van der Waals surface area contributed by atoms with Crippen LogP contribution in [0.2, 0.25) is 0 Å². The monoisotopic (exact) mass is 287 g/mol. The molecule has 5 nitrogen and oxygen atoms in total. The van der Waals surface area contributed by atoms with Crippen molar-refractivity contribution in [1.29, 1.82) is 0 Å². The van der Waals surface area contributed by atoms with Gasteiger partial charge >= 0.3 is 0 Å². The number of hydrogen-bond donors (Lipinski definition) is 1. The van der Waals surface area contributed by atoms with Gasteiger partial charge in [0.1, 0.15) is 0 Å². The van der Waals surface area contributed by atoms with E-state index >= 15 is 0 Å². The summed E-state index contributed by atoms with van der Waals surface area (Å²) in [6, 6.07) is 4.78. The zero-order chi connectivity index (χ0) is 13.6. The van der Waals surface area contributed by atoms with E-state index in [0.717, 1.165) is 11.7 Å². The van der Waals surface area contributed by atoms with Gasteiger partial charge in [0.25, 0.3) is 0 Å². The third kappa shape index (κ3) is 2.33. The summed E-state index contributed by atoms with van der Waals surface area (Å²) in [5.74, 6) is -0.295. The van der Waals surface area contributed by atoms with Crippen LogP contribution in [0.25, 0.3) is 5.57 Å². The molecule has 18 heavy (non-hydrogen) atoms. The van der Waals surface area contributed by atoms with E-state index in [-0.39, 0.29) is 17.2 Å². The molecule has 2 rings (SSSR count). The van der Waals surface area contributed by atoms with Crippen LogP contribution < -0.4 is 5.73 Å². The van der Waals surface area contributed by atoms with E-state index in [0.29, 0.717) is 16.7 Å². The second-order valence-electron chi connectivity index (χ2n) is 4.25. The minimum Gasteiger partial charge on any atom is -0.326 e. The number of fused-ring (bicyclic) bond motifs is 1. The van der Waals surface area contributed by atoms with Gasteiger partial charge in [-0.25, -0.2) is 16.8 Å². The number of rotatable bonds is 3. The number of sulfone groups is 2. The first kappa shape index (κ1) is 13.3. The summed E-state index contributed by atoms with van der Waals surface area (Å²) in [6.07, 6.45) is 1.07. The van der Waals surface area contributed by atoms with Crippen molar-refractivity contribution in [1.82, 2.24) is 0 Å². The first-order chi connectivity index (χ1) is 8.24. The van der Waals surface area contributed by atoms with Gasteiger partial charge in [-0.3, -0.25) is 0 Å². The second kappa shape index (κ2) is 4.18. The Balaban J connectivity index is 2.69. The molecular formula is C11H13NO4S2. The van der Waals surface area contributed by atoms with Gasteiger partial charge in [-0.1, -0.05) is 12.1 Å². The summed E-state index contributed by atoms with van der Waals surface area (Å²) < 4.78 is 46.5. The topological polar surface area (TPSA) is 94.3 Å². The molecule has 0 unspecified atom stereocenters. The molecule has 0 amide bonds. The lowest BCUT2D eigenvalue weighted by atomic mass is 10.0. The van der Waals surface area contributed by atoms with Crippen molar-refractivity contribution in [3.8, 4) is 0 Å². The maximum atomic E-state index is 11.9. The molecule has 1 aromatic rings. The molecule has 0 spiro atoms. The van der Waals surface area contributed by atoms with Crippen LogP contribution in [0.15, 0.2) is 28.5 Å². The number of nitrogens with two attached hydrogens (primary N) is 1. The van der Waals surface area contributed by atoms with Crippen LogP contribution >= 0.6 is 0 Å². The van der Waals surface area contributed by atoms with Crippen molar-refractivity contribution in [3.63, 3.8) is 0 Å². The van der Waals surface area contributed by atoms with Gasteiger partial charge in [-0.2, -0.15) is 0 Å². The van der Waals surface area contributed by atoms with Gasteiger partial charge in [0.15, 0.2) is 9.84 Å². The molecule has 2 N–H and O–H groups in total. The normalized spacial score (nSPS) is 17.3. The molecule has 1 aromatic carbocycles. The maximum Gasteiger partial charge on any atom is 0.200 e. The first-order valence-electron chi connectivity index (χ1n) is 5.20. The molecule has 0 fully saturated rings. The highest BCUT2D eigenvalue weighted by Gasteiger charge is 2.30. The average Bonchev–Trinajstić information content (AvgIpc) is 2.48. The zero-order valence-corrected chi connectivity index (χ0v) is 11.4. The minimum atomic E-state index is -3.54. The average molecular weight is 287 g/mol. The molecule has 7 heteroatoms. The Morgan fingerprint density at radius 2 is 1.94 bits per heavy atom. The molecule has 1 heterocycles. The van der Waals surface area contributed by atoms with Crippen LogP contribution in [-0.2, 0) is 26.2 Å². The molecule has 0 aliphatic carbocycles. The van der Waals surface area contributed by atoms with Crippen LogP contribution in [-0.4, -0.2) is 28.8 Å². The van der Waals surface area contributed by atoms with Crippen molar-refractivity contribution in [3.05, 3.63) is 34.7 Å². The standard InChI is InChI=1S/C11H13NO4S2/c1-17(13,14)6-9-7-18(15,16)10-4-2-3-8(5-12)11(9)10/h2-4,7H,5-6,12H2,1H3. The summed E-state index contributed by atoms with van der Waals surface area (Å²) >= 11 is 0. The predicted molar refractivity (Wildman–Crippen MR) is 69.2 cm³/mol. The van der Waals surface area contributed by atoms with Crippen molar-refractivity contribution in [2.45, 2.75) is 11.4 Å². The summed E-state index contributed by atoms with van der Waals surface area (Å²) in [6.45, 7) is 0.166. The maximum absolute atomic E-state index is 11.9. The first-order valence-corrected chi connectivity index (χ1v) is 8.81. The Hall–Kier alpha value is -1.18. The number of benzene rings is 1. The SMILES string of the molecule is CS(=O)(=O)CC1=CS(=O)(=O)c2cccc(CN)c21. The molecule has 1 aliphatic rings. The lowest BCUT2D eigenvalue weighted by molar-refractivity contribution is 0.603. The van der Waals surface area contributed by atoms with Gasteiger partial charge < -0.3 is 5.73 Å². The van der Waals surface area contributed by atoms with Crippen LogP contribution in [0.3, 0.4) is 0 Å². The van der Waals surface area contributed by atoms with Crippen molar-refractivity contribution >= 4 is 25.2 Å². The smallest absolute Gasteiger partial charge is 0.200 e. The van der Waals surface area contributed by atoms with E-state index in [1.54, 1.807) is 12.1 Å². The largest absolute Gasteiger partial charge is 0.326 e. The van der Waals surface area contributed by atoms with E-state index in [2.05, 4.69) is 0 Å². The molecule has 0 radical (unpaired) electrons. The lowest BCUT2D eigenvalue weighted by Crippen LogP contribution is -2.08. The van der Waals surface area contributed by atoms with E-state index in [9.17, 15) is 16.8 Å². The highest BCUT2D eigenvalue weighted by molar-refractivity contribution is 7.95. The van der Waals surface area contributed by atoms with E-state index in [4.69, 9.17) is 5.73 Å². The molecule has 0 atom stereocenters. The fraction of sp³-hybridized carbons (Fsp3) is 0.273. The fourth-order valence-corrected chi connectivity index (χ4v) is 4.46. The van der Waals surface area contributed by atoms with Gasteiger partial charge in [0.05, 0.1) is 10.6 Å². The molecule has 0 aromatic heterocycles. The van der Waals surface area contributed by atoms with Crippen molar-refractivity contribution in [2.24, 2.45) is 5.73 Å². The predicted octanol–water partition coefficient (Wildman–Crippen LogP) is 0.318. The van der Waals surface area contributed by atoms with Crippen molar-refractivity contribution in [2.75, 3.05) is 12.0 Å². The Labute approximate surface area is 106 Å². The summed E-state index contributed by atoms with van der Waals surface area (Å²) in [5.41, 5.74) is 6.96. The van der Waals surface area contributed by atoms with E-state index in [1.807, 2.05) is 0 Å². The zero-order valence-electron chi connectivity index (χ0n) is 9.75. The Bertz CT molecular complexity index is 730. The van der Waals surface area contributed by atoms with Gasteiger partial charge in [-0.05, 0) is 17.2 Å². The van der Waals surface area contributed by atoms with Gasteiger partial charge in [-0.15, -0.1) is 0 Å². The highest BCUT2D eigenvalue weighted by Crippen LogP contribution is 2.36. The summed E-state index contributed by atoms with van der Waals surface area (Å²) in [7, 11) is -6.84. The Morgan fingerprint density at radius 1 is 1.28 bits per heavy atom. The summed E-state index contributed by atoms with van der Waals surface area (Å²) in [4.78, 5) is 0.143. The van der Waals surface area contributed by atoms with Gasteiger partial charge in [0.2, 0.25) is 9.84 Å². The second-order valence-corrected chi connectivity index (χ2v) is 8.16. The van der Waals surface area contributed by atoms with Crippen LogP contribution in [0.5, 0.6) is 0 Å². The van der Waals surface area contributed by atoms with Gasteiger partial charge in [0, 0.05) is 23.8 Å².